The second kappa shape index (κ2) is 8.33. The molecule has 3 aromatic rings. The molecule has 0 aliphatic heterocycles. The first-order valence-electron chi connectivity index (χ1n) is 7.40. The summed E-state index contributed by atoms with van der Waals surface area (Å²) in [5, 5.41) is 11.5. The molecule has 0 aliphatic carbocycles. The SMILES string of the molecule is Br.COc1ccc2c(c1)nc(SCC(=O)c1cccc([N+](=O)[O-])c1)n2C. The van der Waals surface area contributed by atoms with Gasteiger partial charge in [-0.05, 0) is 12.1 Å². The number of aryl methyl sites for hydroxylation is 1. The van der Waals surface area contributed by atoms with Crippen LogP contribution in [0.2, 0.25) is 0 Å². The minimum atomic E-state index is -0.511. The Labute approximate surface area is 164 Å². The van der Waals surface area contributed by atoms with Crippen molar-refractivity contribution >= 4 is 51.2 Å². The second-order valence-corrected chi connectivity index (χ2v) is 6.27. The number of ketones is 1. The lowest BCUT2D eigenvalue weighted by Gasteiger charge is -2.03. The number of ether oxygens (including phenoxy) is 1. The zero-order valence-electron chi connectivity index (χ0n) is 14.0. The molecule has 26 heavy (non-hydrogen) atoms. The smallest absolute Gasteiger partial charge is 0.270 e. The molecule has 0 atom stereocenters. The number of thioether (sulfide) groups is 1. The summed E-state index contributed by atoms with van der Waals surface area (Å²) in [5.41, 5.74) is 1.95. The number of hydrogen-bond acceptors (Lipinski definition) is 6. The zero-order chi connectivity index (χ0) is 18.0. The molecule has 0 aliphatic rings. The third-order valence-corrected chi connectivity index (χ3v) is 4.79. The number of carbonyl (C=O) groups excluding carboxylic acids is 1. The first kappa shape index (κ1) is 19.9. The van der Waals surface area contributed by atoms with Gasteiger partial charge in [0.15, 0.2) is 10.9 Å². The minimum absolute atomic E-state index is 0. The summed E-state index contributed by atoms with van der Waals surface area (Å²) in [6.07, 6.45) is 0. The summed E-state index contributed by atoms with van der Waals surface area (Å²) in [4.78, 5) is 27.1. The highest BCUT2D eigenvalue weighted by molar-refractivity contribution is 8.93. The maximum Gasteiger partial charge on any atom is 0.270 e. The van der Waals surface area contributed by atoms with E-state index in [2.05, 4.69) is 4.98 Å². The number of halogens is 1. The van der Waals surface area contributed by atoms with Crippen molar-refractivity contribution in [3.05, 3.63) is 58.1 Å². The Bertz CT molecular complexity index is 974. The van der Waals surface area contributed by atoms with Gasteiger partial charge in [-0.15, -0.1) is 17.0 Å². The van der Waals surface area contributed by atoms with Crippen LogP contribution in [-0.4, -0.2) is 33.1 Å². The van der Waals surface area contributed by atoms with Gasteiger partial charge < -0.3 is 9.30 Å². The van der Waals surface area contributed by atoms with Gasteiger partial charge in [0.25, 0.3) is 5.69 Å². The van der Waals surface area contributed by atoms with E-state index in [9.17, 15) is 14.9 Å². The van der Waals surface area contributed by atoms with E-state index in [1.165, 1.54) is 30.0 Å². The van der Waals surface area contributed by atoms with Gasteiger partial charge >= 0.3 is 0 Å². The molecule has 0 saturated carbocycles. The number of aromatic nitrogens is 2. The number of imidazole rings is 1. The van der Waals surface area contributed by atoms with Crippen LogP contribution in [0.1, 0.15) is 10.4 Å². The van der Waals surface area contributed by atoms with E-state index in [1.54, 1.807) is 13.2 Å². The molecule has 0 saturated heterocycles. The maximum absolute atomic E-state index is 12.3. The van der Waals surface area contributed by atoms with Crippen LogP contribution in [0.5, 0.6) is 5.75 Å². The van der Waals surface area contributed by atoms with Crippen LogP contribution in [0.15, 0.2) is 47.6 Å². The Morgan fingerprint density at radius 1 is 1.31 bits per heavy atom. The van der Waals surface area contributed by atoms with Crippen LogP contribution in [0.25, 0.3) is 11.0 Å². The summed E-state index contributed by atoms with van der Waals surface area (Å²) < 4.78 is 7.10. The normalized spacial score (nSPS) is 10.4. The van der Waals surface area contributed by atoms with Crippen molar-refractivity contribution in [2.75, 3.05) is 12.9 Å². The number of nitro benzene ring substituents is 1. The predicted octanol–water partition coefficient (Wildman–Crippen LogP) is 4.04. The standard InChI is InChI=1S/C17H15N3O4S.BrH/c1-19-15-7-6-13(24-2)9-14(15)18-17(19)25-10-16(21)11-4-3-5-12(8-11)20(22)23;/h3-9H,10H2,1-2H3;1H. The summed E-state index contributed by atoms with van der Waals surface area (Å²) in [5.74, 6) is 0.684. The first-order chi connectivity index (χ1) is 12.0. The van der Waals surface area contributed by atoms with E-state index in [4.69, 9.17) is 4.74 Å². The third kappa shape index (κ3) is 4.05. The number of fused-ring (bicyclic) bond motifs is 1. The third-order valence-electron chi connectivity index (χ3n) is 3.76. The molecule has 1 aromatic heterocycles. The molecule has 0 radical (unpaired) electrons. The van der Waals surface area contributed by atoms with Gasteiger partial charge in [-0.25, -0.2) is 4.98 Å². The number of nitro groups is 1. The first-order valence-corrected chi connectivity index (χ1v) is 8.39. The molecule has 1 heterocycles. The Hall–Kier alpha value is -2.39. The molecule has 0 bridgehead atoms. The number of benzene rings is 2. The van der Waals surface area contributed by atoms with Crippen molar-refractivity contribution in [2.24, 2.45) is 7.05 Å². The lowest BCUT2D eigenvalue weighted by atomic mass is 10.1. The van der Waals surface area contributed by atoms with Crippen molar-refractivity contribution in [3.63, 3.8) is 0 Å². The summed E-state index contributed by atoms with van der Waals surface area (Å²) in [7, 11) is 3.47. The molecule has 0 amide bonds. The van der Waals surface area contributed by atoms with Gasteiger partial charge in [0, 0.05) is 30.8 Å². The highest BCUT2D eigenvalue weighted by Gasteiger charge is 2.14. The van der Waals surface area contributed by atoms with E-state index in [1.807, 2.05) is 29.8 Å². The molecule has 3 rings (SSSR count). The maximum atomic E-state index is 12.3. The van der Waals surface area contributed by atoms with Crippen molar-refractivity contribution in [2.45, 2.75) is 5.16 Å². The van der Waals surface area contributed by atoms with Crippen LogP contribution in [0.4, 0.5) is 5.69 Å². The van der Waals surface area contributed by atoms with Crippen LogP contribution in [0, 0.1) is 10.1 Å². The summed E-state index contributed by atoms with van der Waals surface area (Å²) in [6, 6.07) is 11.3. The van der Waals surface area contributed by atoms with Gasteiger partial charge in [0.05, 0.1) is 28.8 Å². The molecule has 9 heteroatoms. The molecule has 7 nitrogen and oxygen atoms in total. The van der Waals surface area contributed by atoms with E-state index in [-0.39, 0.29) is 34.2 Å². The van der Waals surface area contributed by atoms with Crippen molar-refractivity contribution in [3.8, 4) is 5.75 Å². The average Bonchev–Trinajstić information content (AvgIpc) is 2.94. The van der Waals surface area contributed by atoms with Crippen LogP contribution in [0.3, 0.4) is 0 Å². The summed E-state index contributed by atoms with van der Waals surface area (Å²) in [6.45, 7) is 0. The van der Waals surface area contributed by atoms with Gasteiger partial charge in [-0.1, -0.05) is 23.9 Å². The van der Waals surface area contributed by atoms with Gasteiger partial charge in [0.1, 0.15) is 5.75 Å². The molecule has 2 aromatic carbocycles. The molecule has 0 N–H and O–H groups in total. The van der Waals surface area contributed by atoms with E-state index in [0.29, 0.717) is 10.7 Å². The largest absolute Gasteiger partial charge is 0.497 e. The molecular formula is C17H16BrN3O4S. The number of hydrogen-bond donors (Lipinski definition) is 0. The zero-order valence-corrected chi connectivity index (χ0v) is 16.6. The number of rotatable bonds is 6. The Kier molecular flexibility index (Phi) is 6.38. The fraction of sp³-hybridized carbons (Fsp3) is 0.176. The Balaban J connectivity index is 0.00000243. The number of Topliss-reactive ketones (excluding diaryl/α,β-unsaturated/α-hetero) is 1. The second-order valence-electron chi connectivity index (χ2n) is 5.33. The number of methoxy groups -OCH3 is 1. The molecule has 0 fully saturated rings. The van der Waals surface area contributed by atoms with Crippen LogP contribution >= 0.6 is 28.7 Å². The Morgan fingerprint density at radius 3 is 2.77 bits per heavy atom. The highest BCUT2D eigenvalue weighted by atomic mass is 79.9. The van der Waals surface area contributed by atoms with Crippen LogP contribution < -0.4 is 4.74 Å². The van der Waals surface area contributed by atoms with E-state index in [0.717, 1.165) is 16.8 Å². The predicted molar refractivity (Wildman–Crippen MR) is 106 cm³/mol. The number of non-ortho nitro benzene ring substituents is 1. The molecule has 0 unspecified atom stereocenters. The van der Waals surface area contributed by atoms with E-state index >= 15 is 0 Å². The van der Waals surface area contributed by atoms with Crippen LogP contribution in [-0.2, 0) is 7.05 Å². The van der Waals surface area contributed by atoms with Gasteiger partial charge in [0.2, 0.25) is 0 Å². The van der Waals surface area contributed by atoms with Crippen molar-refractivity contribution in [1.82, 2.24) is 9.55 Å². The fourth-order valence-electron chi connectivity index (χ4n) is 2.42. The van der Waals surface area contributed by atoms with E-state index < -0.39 is 4.92 Å². The van der Waals surface area contributed by atoms with Crippen molar-refractivity contribution in [1.29, 1.82) is 0 Å². The number of carbonyl (C=O) groups is 1. The van der Waals surface area contributed by atoms with Gasteiger partial charge in [-0.3, -0.25) is 14.9 Å². The quantitative estimate of drug-likeness (QED) is 0.250. The number of nitrogens with zero attached hydrogens (tertiary/aromatic N) is 3. The van der Waals surface area contributed by atoms with Crippen molar-refractivity contribution < 1.29 is 14.5 Å². The topological polar surface area (TPSA) is 87.3 Å². The molecule has 136 valence electrons. The monoisotopic (exact) mass is 437 g/mol. The molecular weight excluding hydrogens is 422 g/mol. The molecule has 0 spiro atoms. The minimum Gasteiger partial charge on any atom is -0.497 e. The average molecular weight is 438 g/mol. The lowest BCUT2D eigenvalue weighted by molar-refractivity contribution is -0.384. The fourth-order valence-corrected chi connectivity index (χ4v) is 3.30. The Morgan fingerprint density at radius 2 is 2.08 bits per heavy atom. The highest BCUT2D eigenvalue weighted by Crippen LogP contribution is 2.26. The van der Waals surface area contributed by atoms with Gasteiger partial charge in [-0.2, -0.15) is 0 Å². The lowest BCUT2D eigenvalue weighted by Crippen LogP contribution is -2.04. The summed E-state index contributed by atoms with van der Waals surface area (Å²) >= 11 is 1.30.